The van der Waals surface area contributed by atoms with Gasteiger partial charge in [-0.3, -0.25) is 4.79 Å². The van der Waals surface area contributed by atoms with Crippen molar-refractivity contribution in [2.75, 3.05) is 6.54 Å². The van der Waals surface area contributed by atoms with E-state index in [1.54, 1.807) is 6.20 Å². The van der Waals surface area contributed by atoms with Crippen LogP contribution < -0.4 is 10.6 Å². The Morgan fingerprint density at radius 1 is 1.42 bits per heavy atom. The second kappa shape index (κ2) is 4.06. The van der Waals surface area contributed by atoms with Crippen molar-refractivity contribution in [3.8, 4) is 0 Å². The molecule has 2 bridgehead atoms. The molecule has 1 aliphatic carbocycles. The van der Waals surface area contributed by atoms with Gasteiger partial charge < -0.3 is 15.0 Å². The molecule has 0 spiro atoms. The Balaban J connectivity index is 1.53. The second-order valence-corrected chi connectivity index (χ2v) is 5.52. The Morgan fingerprint density at radius 3 is 3.16 bits per heavy atom. The Labute approximate surface area is 111 Å². The number of pyridine rings is 1. The number of piperidine rings is 1. The number of amides is 1. The fourth-order valence-electron chi connectivity index (χ4n) is 3.32. The van der Waals surface area contributed by atoms with Crippen LogP contribution in [0.1, 0.15) is 23.2 Å². The lowest BCUT2D eigenvalue weighted by molar-refractivity contribution is 0.0925. The average Bonchev–Trinajstić information content (AvgIpc) is 3.13. The molecule has 19 heavy (non-hydrogen) atoms. The van der Waals surface area contributed by atoms with E-state index in [-0.39, 0.29) is 5.91 Å². The molecule has 98 valence electrons. The summed E-state index contributed by atoms with van der Waals surface area (Å²) in [5, 5.41) is 6.62. The summed E-state index contributed by atoms with van der Waals surface area (Å²) in [6, 6.07) is 4.61. The number of hydrogen-bond acceptors (Lipinski definition) is 3. The molecular weight excluding hydrogens is 240 g/mol. The maximum Gasteiger partial charge on any atom is 0.251 e. The summed E-state index contributed by atoms with van der Waals surface area (Å²) in [5.74, 6) is 0.618. The van der Waals surface area contributed by atoms with Crippen LogP contribution in [-0.4, -0.2) is 33.9 Å². The van der Waals surface area contributed by atoms with Crippen molar-refractivity contribution in [1.29, 1.82) is 0 Å². The van der Waals surface area contributed by atoms with Gasteiger partial charge in [0.05, 0.1) is 0 Å². The fraction of sp³-hybridized carbons (Fsp3) is 0.429. The maximum atomic E-state index is 12.3. The molecule has 0 aromatic carbocycles. The van der Waals surface area contributed by atoms with Gasteiger partial charge in [0.25, 0.3) is 5.91 Å². The van der Waals surface area contributed by atoms with E-state index >= 15 is 0 Å². The van der Waals surface area contributed by atoms with Gasteiger partial charge in [0.2, 0.25) is 0 Å². The molecule has 2 aromatic rings. The number of aromatic nitrogens is 2. The van der Waals surface area contributed by atoms with Crippen molar-refractivity contribution in [2.24, 2.45) is 5.92 Å². The molecule has 1 saturated heterocycles. The predicted octanol–water partition coefficient (Wildman–Crippen LogP) is 0.814. The van der Waals surface area contributed by atoms with Crippen molar-refractivity contribution >= 4 is 11.6 Å². The monoisotopic (exact) mass is 256 g/mol. The minimum atomic E-state index is 0.0167. The van der Waals surface area contributed by atoms with Gasteiger partial charge in [-0.1, -0.05) is 0 Å². The molecule has 5 nitrogen and oxygen atoms in total. The van der Waals surface area contributed by atoms with Gasteiger partial charge in [-0.25, -0.2) is 4.98 Å². The molecule has 2 aliphatic rings. The van der Waals surface area contributed by atoms with Crippen LogP contribution in [0.25, 0.3) is 5.65 Å². The maximum absolute atomic E-state index is 12.3. The summed E-state index contributed by atoms with van der Waals surface area (Å²) in [7, 11) is 0. The van der Waals surface area contributed by atoms with Crippen LogP contribution in [-0.2, 0) is 0 Å². The van der Waals surface area contributed by atoms with Crippen LogP contribution in [0.15, 0.2) is 30.7 Å². The molecule has 3 heterocycles. The number of nitrogens with one attached hydrogen (secondary N) is 2. The van der Waals surface area contributed by atoms with Gasteiger partial charge in [0, 0.05) is 42.8 Å². The standard InChI is InChI=1S/C14H16N4O/c19-14(17-12-7-11-5-10(12)8-16-11)9-1-3-18-4-2-15-13(18)6-9/h1-4,6,10-12,16H,5,7-8H2,(H,17,19)/t10-,11-,12+/m1/s1. The molecule has 1 amide bonds. The quantitative estimate of drug-likeness (QED) is 0.836. The largest absolute Gasteiger partial charge is 0.349 e. The molecule has 1 saturated carbocycles. The predicted molar refractivity (Wildman–Crippen MR) is 71.0 cm³/mol. The molecule has 2 fully saturated rings. The molecule has 1 aliphatic heterocycles. The minimum absolute atomic E-state index is 0.0167. The van der Waals surface area contributed by atoms with Crippen molar-refractivity contribution in [1.82, 2.24) is 20.0 Å². The first-order valence-corrected chi connectivity index (χ1v) is 6.76. The van der Waals surface area contributed by atoms with E-state index in [1.165, 1.54) is 6.42 Å². The first kappa shape index (κ1) is 11.0. The third kappa shape index (κ3) is 1.81. The molecule has 4 rings (SSSR count). The van der Waals surface area contributed by atoms with Gasteiger partial charge in [0.15, 0.2) is 0 Å². The lowest BCUT2D eigenvalue weighted by atomic mass is 10.0. The Bertz CT molecular complexity index is 635. The SMILES string of the molecule is O=C(N[C@H]1C[C@H]2C[C@@H]1CN2)c1ccn2ccnc2c1. The van der Waals surface area contributed by atoms with Gasteiger partial charge in [-0.2, -0.15) is 0 Å². The average molecular weight is 256 g/mol. The smallest absolute Gasteiger partial charge is 0.251 e. The third-order valence-corrected chi connectivity index (χ3v) is 4.34. The Morgan fingerprint density at radius 2 is 2.37 bits per heavy atom. The fourth-order valence-corrected chi connectivity index (χ4v) is 3.32. The van der Waals surface area contributed by atoms with Crippen LogP contribution in [0.2, 0.25) is 0 Å². The zero-order valence-electron chi connectivity index (χ0n) is 10.5. The number of rotatable bonds is 2. The van der Waals surface area contributed by atoms with Crippen molar-refractivity contribution in [2.45, 2.75) is 24.9 Å². The van der Waals surface area contributed by atoms with E-state index in [2.05, 4.69) is 15.6 Å². The molecule has 5 heteroatoms. The number of nitrogens with zero attached hydrogens (tertiary/aromatic N) is 2. The van der Waals surface area contributed by atoms with E-state index in [0.717, 1.165) is 18.6 Å². The van der Waals surface area contributed by atoms with Crippen LogP contribution in [0.5, 0.6) is 0 Å². The molecule has 0 unspecified atom stereocenters. The third-order valence-electron chi connectivity index (χ3n) is 4.34. The highest BCUT2D eigenvalue weighted by Crippen LogP contribution is 2.31. The van der Waals surface area contributed by atoms with E-state index in [0.29, 0.717) is 23.6 Å². The lowest BCUT2D eigenvalue weighted by Crippen LogP contribution is -2.44. The molecule has 2 aromatic heterocycles. The summed E-state index contributed by atoms with van der Waals surface area (Å²) in [4.78, 5) is 16.5. The molecule has 0 radical (unpaired) electrons. The number of fused-ring (bicyclic) bond motifs is 3. The number of carbonyl (C=O) groups is 1. The van der Waals surface area contributed by atoms with Crippen LogP contribution >= 0.6 is 0 Å². The Hall–Kier alpha value is -1.88. The highest BCUT2D eigenvalue weighted by Gasteiger charge is 2.40. The van der Waals surface area contributed by atoms with E-state index in [1.807, 2.05) is 28.9 Å². The first-order chi connectivity index (χ1) is 9.29. The van der Waals surface area contributed by atoms with E-state index in [4.69, 9.17) is 0 Å². The zero-order chi connectivity index (χ0) is 12.8. The normalized spacial score (nSPS) is 28.9. The minimum Gasteiger partial charge on any atom is -0.349 e. The number of hydrogen-bond donors (Lipinski definition) is 2. The number of carbonyl (C=O) groups excluding carboxylic acids is 1. The van der Waals surface area contributed by atoms with Gasteiger partial charge >= 0.3 is 0 Å². The van der Waals surface area contributed by atoms with Crippen LogP contribution in [0, 0.1) is 5.92 Å². The summed E-state index contributed by atoms with van der Waals surface area (Å²) >= 11 is 0. The van der Waals surface area contributed by atoms with Gasteiger partial charge in [-0.15, -0.1) is 0 Å². The summed E-state index contributed by atoms with van der Waals surface area (Å²) < 4.78 is 1.90. The highest BCUT2D eigenvalue weighted by molar-refractivity contribution is 5.95. The Kier molecular flexibility index (Phi) is 2.35. The van der Waals surface area contributed by atoms with Crippen LogP contribution in [0.3, 0.4) is 0 Å². The highest BCUT2D eigenvalue weighted by atomic mass is 16.1. The van der Waals surface area contributed by atoms with E-state index < -0.39 is 0 Å². The molecule has 2 N–H and O–H groups in total. The lowest BCUT2D eigenvalue weighted by Gasteiger charge is -2.23. The van der Waals surface area contributed by atoms with E-state index in [9.17, 15) is 4.79 Å². The topological polar surface area (TPSA) is 58.4 Å². The van der Waals surface area contributed by atoms with Crippen molar-refractivity contribution in [3.05, 3.63) is 36.3 Å². The summed E-state index contributed by atoms with van der Waals surface area (Å²) in [5.41, 5.74) is 1.50. The van der Waals surface area contributed by atoms with Gasteiger partial charge in [-0.05, 0) is 30.9 Å². The summed E-state index contributed by atoms with van der Waals surface area (Å²) in [6.07, 6.45) is 7.74. The number of imidazole rings is 1. The van der Waals surface area contributed by atoms with Crippen LogP contribution in [0.4, 0.5) is 0 Å². The van der Waals surface area contributed by atoms with Crippen molar-refractivity contribution < 1.29 is 4.79 Å². The summed E-state index contributed by atoms with van der Waals surface area (Å²) in [6.45, 7) is 1.04. The zero-order valence-corrected chi connectivity index (χ0v) is 10.5. The molecular formula is C14H16N4O. The van der Waals surface area contributed by atoms with Crippen molar-refractivity contribution in [3.63, 3.8) is 0 Å². The first-order valence-electron chi connectivity index (χ1n) is 6.76. The molecule has 3 atom stereocenters. The van der Waals surface area contributed by atoms with Gasteiger partial charge in [0.1, 0.15) is 5.65 Å². The second-order valence-electron chi connectivity index (χ2n) is 5.52.